The van der Waals surface area contributed by atoms with Gasteiger partial charge in [0.1, 0.15) is 16.4 Å². The number of nitrogens with one attached hydrogen (secondary N) is 2. The minimum Gasteiger partial charge on any atom is -0.497 e. The van der Waals surface area contributed by atoms with Crippen LogP contribution in [0.4, 0.5) is 5.69 Å². The molecule has 230 valence electrons. The zero-order chi connectivity index (χ0) is 31.6. The van der Waals surface area contributed by atoms with Crippen LogP contribution in [0.2, 0.25) is 0 Å². The molecule has 0 atom stereocenters. The second kappa shape index (κ2) is 12.3. The van der Waals surface area contributed by atoms with Crippen molar-refractivity contribution in [1.29, 1.82) is 0 Å². The number of carboxylic acid groups (broad SMARTS) is 1. The van der Waals surface area contributed by atoms with E-state index in [0.29, 0.717) is 28.5 Å². The Labute approximate surface area is 253 Å². The highest BCUT2D eigenvalue weighted by molar-refractivity contribution is 7.89. The Morgan fingerprint density at radius 1 is 1.05 bits per heavy atom. The number of benzene rings is 3. The zero-order valence-corrected chi connectivity index (χ0v) is 25.1. The Balaban J connectivity index is 1.54. The predicted octanol–water partition coefficient (Wildman–Crippen LogP) is 4.48. The van der Waals surface area contributed by atoms with Crippen LogP contribution in [-0.4, -0.2) is 49.1 Å². The summed E-state index contributed by atoms with van der Waals surface area (Å²) >= 11 is 0. The van der Waals surface area contributed by atoms with Crippen LogP contribution in [0.15, 0.2) is 65.6 Å². The topological polar surface area (TPSA) is 167 Å². The lowest BCUT2D eigenvalue weighted by atomic mass is 10.2. The van der Waals surface area contributed by atoms with E-state index in [1.807, 2.05) is 0 Å². The maximum atomic E-state index is 13.8. The van der Waals surface area contributed by atoms with E-state index in [2.05, 4.69) is 15.1 Å². The van der Waals surface area contributed by atoms with Crippen LogP contribution in [0.3, 0.4) is 0 Å². The fourth-order valence-electron chi connectivity index (χ4n) is 4.28. The van der Waals surface area contributed by atoms with Crippen LogP contribution in [-0.2, 0) is 21.4 Å². The summed E-state index contributed by atoms with van der Waals surface area (Å²) in [6.07, 6.45) is 0. The Bertz CT molecular complexity index is 1830. The van der Waals surface area contributed by atoms with Crippen molar-refractivity contribution in [1.82, 2.24) is 14.5 Å². The van der Waals surface area contributed by atoms with Crippen molar-refractivity contribution in [3.8, 4) is 34.6 Å². The van der Waals surface area contributed by atoms with Crippen LogP contribution in [0.1, 0.15) is 35.5 Å². The summed E-state index contributed by atoms with van der Waals surface area (Å²) < 4.78 is 53.4. The molecule has 2 heterocycles. The van der Waals surface area contributed by atoms with Crippen molar-refractivity contribution >= 4 is 27.6 Å². The molecule has 13 nitrogen and oxygen atoms in total. The minimum atomic E-state index is -4.27. The average Bonchev–Trinajstić information content (AvgIpc) is 3.60. The number of ether oxygens (including phenoxy) is 4. The lowest BCUT2D eigenvalue weighted by molar-refractivity contribution is -0.118. The van der Waals surface area contributed by atoms with Gasteiger partial charge >= 0.3 is 5.97 Å². The van der Waals surface area contributed by atoms with Crippen LogP contribution in [0.5, 0.6) is 28.9 Å². The number of carboxylic acids is 1. The molecule has 0 aliphatic carbocycles. The Morgan fingerprint density at radius 3 is 2.45 bits per heavy atom. The summed E-state index contributed by atoms with van der Waals surface area (Å²) in [6, 6.07) is 15.9. The molecule has 3 N–H and O–H groups in total. The Kier molecular flexibility index (Phi) is 8.47. The number of methoxy groups -OCH3 is 1. The molecule has 0 spiro atoms. The quantitative estimate of drug-likeness (QED) is 0.217. The summed E-state index contributed by atoms with van der Waals surface area (Å²) in [5.74, 6) is -0.463. The normalized spacial score (nSPS) is 12.3. The van der Waals surface area contributed by atoms with Crippen LogP contribution in [0, 0.1) is 12.8 Å². The average molecular weight is 623 g/mol. The minimum absolute atomic E-state index is 0.0150. The molecular weight excluding hydrogens is 592 g/mol. The third-order valence-corrected chi connectivity index (χ3v) is 8.15. The van der Waals surface area contributed by atoms with E-state index >= 15 is 0 Å². The van der Waals surface area contributed by atoms with Crippen molar-refractivity contribution in [2.24, 2.45) is 5.92 Å². The van der Waals surface area contributed by atoms with Gasteiger partial charge in [0.2, 0.25) is 28.6 Å². The molecule has 44 heavy (non-hydrogen) atoms. The van der Waals surface area contributed by atoms with Gasteiger partial charge in [0.05, 0.1) is 12.8 Å². The number of amides is 1. The fourth-order valence-corrected chi connectivity index (χ4v) is 5.45. The zero-order valence-electron chi connectivity index (χ0n) is 24.3. The number of anilines is 1. The predicted molar refractivity (Wildman–Crippen MR) is 158 cm³/mol. The number of aromatic carboxylic acids is 1. The number of hydrogen-bond acceptors (Lipinski definition) is 9. The standard InChI is InChI=1S/C30H30N4O9S/c1-17(2)28(35)32-20-6-12-24(26(14-20)44(38,39)31-15-19-5-11-23-25(13-19)42-16-41-23)43-29-18(3)27(30(36)37)33-34(29)21-7-9-22(40-4)10-8-21/h5-14,17,31H,15-16H2,1-4H3,(H,32,35)(H,36,37). The van der Waals surface area contributed by atoms with E-state index in [9.17, 15) is 23.1 Å². The van der Waals surface area contributed by atoms with E-state index in [-0.39, 0.29) is 58.6 Å². The molecule has 0 saturated carbocycles. The van der Waals surface area contributed by atoms with Crippen molar-refractivity contribution in [2.45, 2.75) is 32.2 Å². The second-order valence-electron chi connectivity index (χ2n) is 10.1. The monoisotopic (exact) mass is 622 g/mol. The molecule has 14 heteroatoms. The van der Waals surface area contributed by atoms with Gasteiger partial charge < -0.3 is 29.4 Å². The van der Waals surface area contributed by atoms with E-state index < -0.39 is 16.0 Å². The van der Waals surface area contributed by atoms with Crippen LogP contribution < -0.4 is 29.0 Å². The van der Waals surface area contributed by atoms with Gasteiger partial charge in [-0.2, -0.15) is 9.78 Å². The molecule has 3 aromatic carbocycles. The molecule has 1 aliphatic heterocycles. The molecule has 0 unspecified atom stereocenters. The van der Waals surface area contributed by atoms with E-state index in [1.165, 1.54) is 36.9 Å². The highest BCUT2D eigenvalue weighted by atomic mass is 32.2. The maximum Gasteiger partial charge on any atom is 0.356 e. The van der Waals surface area contributed by atoms with Crippen molar-refractivity contribution in [3.63, 3.8) is 0 Å². The molecule has 4 aromatic rings. The van der Waals surface area contributed by atoms with Gasteiger partial charge in [-0.1, -0.05) is 19.9 Å². The molecule has 0 radical (unpaired) electrons. The van der Waals surface area contributed by atoms with Gasteiger partial charge in [-0.25, -0.2) is 17.9 Å². The molecule has 5 rings (SSSR count). The smallest absolute Gasteiger partial charge is 0.356 e. The summed E-state index contributed by atoms with van der Waals surface area (Å²) in [4.78, 5) is 24.1. The molecule has 0 saturated heterocycles. The number of nitrogens with zero attached hydrogens (tertiary/aromatic N) is 2. The summed E-state index contributed by atoms with van der Waals surface area (Å²) in [6.45, 7) is 4.92. The number of carbonyl (C=O) groups excluding carboxylic acids is 1. The lowest BCUT2D eigenvalue weighted by Gasteiger charge is -2.16. The van der Waals surface area contributed by atoms with Crippen molar-refractivity contribution < 1.29 is 42.1 Å². The molecule has 0 fully saturated rings. The molecule has 1 aromatic heterocycles. The fraction of sp³-hybridized carbons (Fsp3) is 0.233. The van der Waals surface area contributed by atoms with E-state index in [1.54, 1.807) is 56.3 Å². The second-order valence-corrected chi connectivity index (χ2v) is 11.8. The summed E-state index contributed by atoms with van der Waals surface area (Å²) in [5.41, 5.74) is 1.18. The number of fused-ring (bicyclic) bond motifs is 1. The van der Waals surface area contributed by atoms with Gasteiger partial charge in [0.25, 0.3) is 0 Å². The van der Waals surface area contributed by atoms with Gasteiger partial charge in [0.15, 0.2) is 17.2 Å². The lowest BCUT2D eigenvalue weighted by Crippen LogP contribution is -2.24. The van der Waals surface area contributed by atoms with Crippen molar-refractivity contribution in [3.05, 3.63) is 77.5 Å². The largest absolute Gasteiger partial charge is 0.497 e. The Hall–Kier alpha value is -5.08. The molecule has 1 aliphatic rings. The third kappa shape index (κ3) is 6.31. The van der Waals surface area contributed by atoms with Crippen molar-refractivity contribution in [2.75, 3.05) is 19.2 Å². The van der Waals surface area contributed by atoms with E-state index in [4.69, 9.17) is 18.9 Å². The number of aromatic nitrogens is 2. The van der Waals surface area contributed by atoms with Crippen LogP contribution in [0.25, 0.3) is 5.69 Å². The van der Waals surface area contributed by atoms with Gasteiger partial charge in [-0.3, -0.25) is 4.79 Å². The summed E-state index contributed by atoms with van der Waals surface area (Å²) in [7, 11) is -2.76. The van der Waals surface area contributed by atoms with Gasteiger partial charge in [-0.05, 0) is 67.1 Å². The number of sulfonamides is 1. The first kappa shape index (κ1) is 30.4. The summed E-state index contributed by atoms with van der Waals surface area (Å²) in [5, 5.41) is 16.7. The number of carbonyl (C=O) groups is 2. The van der Waals surface area contributed by atoms with Gasteiger partial charge in [-0.15, -0.1) is 0 Å². The first-order chi connectivity index (χ1) is 21.0. The number of hydrogen-bond donors (Lipinski definition) is 3. The highest BCUT2D eigenvalue weighted by Crippen LogP contribution is 2.36. The van der Waals surface area contributed by atoms with Gasteiger partial charge in [0, 0.05) is 23.7 Å². The number of rotatable bonds is 11. The molecule has 0 bridgehead atoms. The SMILES string of the molecule is COc1ccc(-n2nc(C(=O)O)c(C)c2Oc2ccc(NC(=O)C(C)C)cc2S(=O)(=O)NCc2ccc3c(c2)OCO3)cc1. The Morgan fingerprint density at radius 2 is 1.77 bits per heavy atom. The third-order valence-electron chi connectivity index (χ3n) is 6.72. The van der Waals surface area contributed by atoms with E-state index in [0.717, 1.165) is 0 Å². The van der Waals surface area contributed by atoms with Crippen LogP contribution >= 0.6 is 0 Å². The first-order valence-electron chi connectivity index (χ1n) is 13.4. The maximum absolute atomic E-state index is 13.8. The highest BCUT2D eigenvalue weighted by Gasteiger charge is 2.27. The first-order valence-corrected chi connectivity index (χ1v) is 14.9. The molecule has 1 amide bonds. The molecular formula is C30H30N4O9S.